The van der Waals surface area contributed by atoms with E-state index in [9.17, 15) is 4.39 Å². The molecular weight excluding hydrogens is 223 g/mol. The Kier molecular flexibility index (Phi) is 3.81. The van der Waals surface area contributed by atoms with Gasteiger partial charge in [0.2, 0.25) is 0 Å². The summed E-state index contributed by atoms with van der Waals surface area (Å²) in [4.78, 5) is 0. The first kappa shape index (κ1) is 12.8. The quantitative estimate of drug-likeness (QED) is 0.738. The molecule has 0 aliphatic rings. The Labute approximate surface area is 108 Å². The largest absolute Gasteiger partial charge is 0.207 e. The molecule has 0 nitrogen and oxygen atoms in total. The van der Waals surface area contributed by atoms with E-state index in [0.717, 1.165) is 12.0 Å². The second-order valence-electron chi connectivity index (χ2n) is 4.95. The van der Waals surface area contributed by atoms with E-state index in [4.69, 9.17) is 0 Å². The zero-order valence-electron chi connectivity index (χ0n) is 11.3. The highest BCUT2D eigenvalue weighted by molar-refractivity contribution is 5.34. The SMILES string of the molecule is CCc1ccc(F)c(Cc2cc(C)cc(C)c2)c1. The number of aryl methyl sites for hydroxylation is 3. The predicted molar refractivity (Wildman–Crippen MR) is 74.5 cm³/mol. The van der Waals surface area contributed by atoms with Gasteiger partial charge in [-0.3, -0.25) is 0 Å². The molecule has 18 heavy (non-hydrogen) atoms. The molecule has 2 aromatic carbocycles. The average molecular weight is 242 g/mol. The summed E-state index contributed by atoms with van der Waals surface area (Å²) in [6.45, 7) is 6.25. The van der Waals surface area contributed by atoms with Crippen molar-refractivity contribution in [2.75, 3.05) is 0 Å². The van der Waals surface area contributed by atoms with Gasteiger partial charge in [-0.25, -0.2) is 4.39 Å². The maximum atomic E-state index is 13.8. The van der Waals surface area contributed by atoms with Crippen LogP contribution in [-0.2, 0) is 12.8 Å². The van der Waals surface area contributed by atoms with Crippen molar-refractivity contribution in [3.63, 3.8) is 0 Å². The average Bonchev–Trinajstić information content (AvgIpc) is 2.30. The molecule has 0 aliphatic carbocycles. The Morgan fingerprint density at radius 2 is 1.56 bits per heavy atom. The summed E-state index contributed by atoms with van der Waals surface area (Å²) < 4.78 is 13.8. The Hall–Kier alpha value is -1.63. The van der Waals surface area contributed by atoms with Crippen molar-refractivity contribution in [3.05, 3.63) is 70.0 Å². The normalized spacial score (nSPS) is 10.7. The molecular formula is C17H19F. The molecule has 1 heteroatoms. The van der Waals surface area contributed by atoms with Crippen LogP contribution in [0.25, 0.3) is 0 Å². The zero-order valence-corrected chi connectivity index (χ0v) is 11.3. The predicted octanol–water partition coefficient (Wildman–Crippen LogP) is 4.60. The minimum atomic E-state index is -0.105. The van der Waals surface area contributed by atoms with Gasteiger partial charge in [0.25, 0.3) is 0 Å². The monoisotopic (exact) mass is 242 g/mol. The van der Waals surface area contributed by atoms with Crippen LogP contribution in [0.2, 0.25) is 0 Å². The molecule has 0 heterocycles. The van der Waals surface area contributed by atoms with E-state index in [1.807, 2.05) is 12.1 Å². The van der Waals surface area contributed by atoms with Gasteiger partial charge < -0.3 is 0 Å². The van der Waals surface area contributed by atoms with Gasteiger partial charge >= 0.3 is 0 Å². The number of halogens is 1. The third kappa shape index (κ3) is 2.98. The van der Waals surface area contributed by atoms with Crippen molar-refractivity contribution in [2.24, 2.45) is 0 Å². The molecule has 0 amide bonds. The third-order valence-corrected chi connectivity index (χ3v) is 3.19. The first-order valence-electron chi connectivity index (χ1n) is 6.43. The lowest BCUT2D eigenvalue weighted by atomic mass is 9.98. The van der Waals surface area contributed by atoms with Crippen LogP contribution in [0.15, 0.2) is 36.4 Å². The fraction of sp³-hybridized carbons (Fsp3) is 0.294. The van der Waals surface area contributed by atoms with Gasteiger partial charge in [-0.15, -0.1) is 0 Å². The summed E-state index contributed by atoms with van der Waals surface area (Å²) in [5, 5.41) is 0. The summed E-state index contributed by atoms with van der Waals surface area (Å²) in [7, 11) is 0. The fourth-order valence-corrected chi connectivity index (χ4v) is 2.37. The molecule has 0 aliphatic heterocycles. The lowest BCUT2D eigenvalue weighted by Crippen LogP contribution is -1.96. The second-order valence-corrected chi connectivity index (χ2v) is 4.95. The minimum absolute atomic E-state index is 0.105. The Bertz CT molecular complexity index is 535. The number of rotatable bonds is 3. The summed E-state index contributed by atoms with van der Waals surface area (Å²) in [5.74, 6) is -0.105. The molecule has 2 rings (SSSR count). The third-order valence-electron chi connectivity index (χ3n) is 3.19. The van der Waals surface area contributed by atoms with Gasteiger partial charge in [0, 0.05) is 6.42 Å². The molecule has 0 fully saturated rings. The number of hydrogen-bond donors (Lipinski definition) is 0. The van der Waals surface area contributed by atoms with Crippen LogP contribution in [0.5, 0.6) is 0 Å². The highest BCUT2D eigenvalue weighted by Gasteiger charge is 2.05. The molecule has 2 aromatic rings. The molecule has 0 saturated heterocycles. The minimum Gasteiger partial charge on any atom is -0.207 e. The zero-order chi connectivity index (χ0) is 13.1. The van der Waals surface area contributed by atoms with Gasteiger partial charge in [0.05, 0.1) is 0 Å². The molecule has 0 bridgehead atoms. The molecule has 0 spiro atoms. The van der Waals surface area contributed by atoms with E-state index in [-0.39, 0.29) is 5.82 Å². The summed E-state index contributed by atoms with van der Waals surface area (Å²) >= 11 is 0. The topological polar surface area (TPSA) is 0 Å². The van der Waals surface area contributed by atoms with Gasteiger partial charge in [-0.05, 0) is 43.0 Å². The summed E-state index contributed by atoms with van der Waals surface area (Å²) in [6.07, 6.45) is 1.61. The van der Waals surface area contributed by atoms with Crippen molar-refractivity contribution in [2.45, 2.75) is 33.6 Å². The van der Waals surface area contributed by atoms with Crippen molar-refractivity contribution < 1.29 is 4.39 Å². The molecule has 0 unspecified atom stereocenters. The van der Waals surface area contributed by atoms with Gasteiger partial charge in [-0.2, -0.15) is 0 Å². The van der Waals surface area contributed by atoms with Crippen LogP contribution in [-0.4, -0.2) is 0 Å². The number of hydrogen-bond acceptors (Lipinski definition) is 0. The van der Waals surface area contributed by atoms with E-state index in [1.54, 1.807) is 6.07 Å². The fourth-order valence-electron chi connectivity index (χ4n) is 2.37. The maximum Gasteiger partial charge on any atom is 0.126 e. The van der Waals surface area contributed by atoms with Crippen molar-refractivity contribution in [1.82, 2.24) is 0 Å². The molecule has 0 atom stereocenters. The van der Waals surface area contributed by atoms with E-state index in [2.05, 4.69) is 39.0 Å². The van der Waals surface area contributed by atoms with Crippen LogP contribution >= 0.6 is 0 Å². The van der Waals surface area contributed by atoms with E-state index in [0.29, 0.717) is 6.42 Å². The molecule has 0 N–H and O–H groups in total. The molecule has 94 valence electrons. The first-order chi connectivity index (χ1) is 8.58. The van der Waals surface area contributed by atoms with Crippen LogP contribution in [0, 0.1) is 19.7 Å². The Morgan fingerprint density at radius 1 is 0.889 bits per heavy atom. The highest BCUT2D eigenvalue weighted by atomic mass is 19.1. The second kappa shape index (κ2) is 5.34. The van der Waals surface area contributed by atoms with Crippen molar-refractivity contribution in [1.29, 1.82) is 0 Å². The Balaban J connectivity index is 2.33. The Morgan fingerprint density at radius 3 is 2.17 bits per heavy atom. The van der Waals surface area contributed by atoms with Crippen molar-refractivity contribution >= 4 is 0 Å². The smallest absolute Gasteiger partial charge is 0.126 e. The van der Waals surface area contributed by atoms with E-state index < -0.39 is 0 Å². The summed E-state index contributed by atoms with van der Waals surface area (Å²) in [6, 6.07) is 11.8. The van der Waals surface area contributed by atoms with Crippen LogP contribution in [0.3, 0.4) is 0 Å². The highest BCUT2D eigenvalue weighted by Crippen LogP contribution is 2.18. The van der Waals surface area contributed by atoms with Gasteiger partial charge in [-0.1, -0.05) is 48.4 Å². The lowest BCUT2D eigenvalue weighted by Gasteiger charge is -2.08. The molecule has 0 saturated carbocycles. The lowest BCUT2D eigenvalue weighted by molar-refractivity contribution is 0.613. The number of benzene rings is 2. The summed E-state index contributed by atoms with van der Waals surface area (Å²) in [5.41, 5.74) is 5.63. The van der Waals surface area contributed by atoms with E-state index >= 15 is 0 Å². The van der Waals surface area contributed by atoms with E-state index in [1.165, 1.54) is 22.3 Å². The van der Waals surface area contributed by atoms with Crippen LogP contribution < -0.4 is 0 Å². The van der Waals surface area contributed by atoms with Gasteiger partial charge in [0.15, 0.2) is 0 Å². The van der Waals surface area contributed by atoms with Gasteiger partial charge in [0.1, 0.15) is 5.82 Å². The van der Waals surface area contributed by atoms with Crippen molar-refractivity contribution in [3.8, 4) is 0 Å². The standard InChI is InChI=1S/C17H19F/c1-4-14-5-6-17(18)16(10-14)11-15-8-12(2)7-13(3)9-15/h5-10H,4,11H2,1-3H3. The maximum absolute atomic E-state index is 13.8. The van der Waals surface area contributed by atoms with Crippen LogP contribution in [0.4, 0.5) is 4.39 Å². The molecule has 0 radical (unpaired) electrons. The first-order valence-corrected chi connectivity index (χ1v) is 6.43. The van der Waals surface area contributed by atoms with Crippen LogP contribution in [0.1, 0.15) is 34.7 Å². The molecule has 0 aromatic heterocycles.